The lowest BCUT2D eigenvalue weighted by Crippen LogP contribution is -2.31. The summed E-state index contributed by atoms with van der Waals surface area (Å²) < 4.78 is 44.0. The minimum Gasteiger partial charge on any atom is -0.288 e. The van der Waals surface area contributed by atoms with Crippen LogP contribution in [0.5, 0.6) is 0 Å². The average Bonchev–Trinajstić information content (AvgIpc) is 3.16. The second kappa shape index (κ2) is 7.21. The van der Waals surface area contributed by atoms with E-state index in [2.05, 4.69) is 10.2 Å². The van der Waals surface area contributed by atoms with Crippen molar-refractivity contribution >= 4 is 33.0 Å². The van der Waals surface area contributed by atoms with Crippen molar-refractivity contribution in [1.29, 1.82) is 0 Å². The number of hydrogen-bond donors (Lipinski definition) is 0. The van der Waals surface area contributed by atoms with Crippen LogP contribution in [0.3, 0.4) is 0 Å². The molecular weight excluding hydrogens is 403 g/mol. The van der Waals surface area contributed by atoms with Crippen molar-refractivity contribution in [3.63, 3.8) is 0 Å². The number of halogens is 2. The molecule has 0 aliphatic carbocycles. The molecule has 0 aliphatic rings. The molecule has 0 amide bonds. The quantitative estimate of drug-likeness (QED) is 0.494. The van der Waals surface area contributed by atoms with Crippen molar-refractivity contribution in [2.75, 3.05) is 4.31 Å². The molecule has 0 fully saturated rings. The molecule has 0 saturated heterocycles. The van der Waals surface area contributed by atoms with E-state index < -0.39 is 15.8 Å². The number of nitrogens with zero attached hydrogens (tertiary/aromatic N) is 4. The summed E-state index contributed by atoms with van der Waals surface area (Å²) in [5.41, 5.74) is 0.736. The summed E-state index contributed by atoms with van der Waals surface area (Å²) in [6, 6.07) is 15.5. The van der Waals surface area contributed by atoms with E-state index >= 15 is 0 Å². The molecule has 0 spiro atoms. The predicted molar refractivity (Wildman–Crippen MR) is 104 cm³/mol. The van der Waals surface area contributed by atoms with Gasteiger partial charge in [-0.15, -0.1) is 10.2 Å². The summed E-state index contributed by atoms with van der Waals surface area (Å²) in [6.07, 6.45) is 3.06. The van der Waals surface area contributed by atoms with E-state index in [0.29, 0.717) is 10.7 Å². The van der Waals surface area contributed by atoms with Crippen LogP contribution in [0.15, 0.2) is 78.1 Å². The van der Waals surface area contributed by atoms with E-state index in [1.165, 1.54) is 28.9 Å². The maximum atomic E-state index is 14.3. The van der Waals surface area contributed by atoms with Crippen LogP contribution in [-0.4, -0.2) is 23.0 Å². The number of anilines is 1. The van der Waals surface area contributed by atoms with Gasteiger partial charge in [-0.3, -0.25) is 8.71 Å². The Kier molecular flexibility index (Phi) is 4.74. The highest BCUT2D eigenvalue weighted by Gasteiger charge is 2.29. The molecule has 0 radical (unpaired) electrons. The normalized spacial score (nSPS) is 11.6. The lowest BCUT2D eigenvalue weighted by atomic mass is 10.2. The Labute approximate surface area is 165 Å². The monoisotopic (exact) mass is 416 g/mol. The molecule has 9 heteroatoms. The minimum absolute atomic E-state index is 0.0381. The van der Waals surface area contributed by atoms with E-state index in [-0.39, 0.29) is 22.7 Å². The second-order valence-electron chi connectivity index (χ2n) is 6.02. The molecule has 142 valence electrons. The summed E-state index contributed by atoms with van der Waals surface area (Å²) in [7, 11) is -4.10. The molecule has 6 nitrogen and oxygen atoms in total. The van der Waals surface area contributed by atoms with Crippen molar-refractivity contribution in [3.05, 3.63) is 89.6 Å². The van der Waals surface area contributed by atoms with Crippen molar-refractivity contribution in [2.45, 2.75) is 11.4 Å². The van der Waals surface area contributed by atoms with Crippen molar-refractivity contribution < 1.29 is 12.8 Å². The molecule has 0 bridgehead atoms. The third-order valence-corrected chi connectivity index (χ3v) is 6.25. The van der Waals surface area contributed by atoms with Gasteiger partial charge in [0.25, 0.3) is 10.0 Å². The molecule has 4 rings (SSSR count). The molecule has 0 unspecified atom stereocenters. The second-order valence-corrected chi connectivity index (χ2v) is 8.28. The zero-order valence-corrected chi connectivity index (χ0v) is 16.0. The molecule has 2 heterocycles. The van der Waals surface area contributed by atoms with Crippen LogP contribution in [-0.2, 0) is 16.6 Å². The van der Waals surface area contributed by atoms with Crippen LogP contribution in [0.2, 0.25) is 5.02 Å². The summed E-state index contributed by atoms with van der Waals surface area (Å²) in [4.78, 5) is -0.0381. The van der Waals surface area contributed by atoms with Crippen molar-refractivity contribution in [2.24, 2.45) is 0 Å². The average molecular weight is 417 g/mol. The maximum absolute atomic E-state index is 14.3. The van der Waals surface area contributed by atoms with Gasteiger partial charge in [-0.05, 0) is 36.4 Å². The van der Waals surface area contributed by atoms with E-state index in [1.54, 1.807) is 48.7 Å². The highest BCUT2D eigenvalue weighted by Crippen LogP contribution is 2.29. The fraction of sp³-hybridized carbons (Fsp3) is 0.0526. The molecule has 2 aromatic carbocycles. The third-order valence-electron chi connectivity index (χ3n) is 4.22. The Morgan fingerprint density at radius 2 is 1.89 bits per heavy atom. The first-order chi connectivity index (χ1) is 13.5. The first-order valence-electron chi connectivity index (χ1n) is 8.27. The predicted octanol–water partition coefficient (Wildman–Crippen LogP) is 3.92. The van der Waals surface area contributed by atoms with Crippen LogP contribution >= 0.6 is 11.6 Å². The van der Waals surface area contributed by atoms with Gasteiger partial charge in [0.05, 0.1) is 12.2 Å². The van der Waals surface area contributed by atoms with Crippen LogP contribution in [0.1, 0.15) is 5.56 Å². The molecular formula is C19H14ClFN4O2S. The van der Waals surface area contributed by atoms with Gasteiger partial charge in [-0.2, -0.15) is 0 Å². The van der Waals surface area contributed by atoms with Crippen LogP contribution < -0.4 is 4.31 Å². The lowest BCUT2D eigenvalue weighted by molar-refractivity contribution is 0.585. The molecule has 2 aromatic heterocycles. The third kappa shape index (κ3) is 3.32. The lowest BCUT2D eigenvalue weighted by Gasteiger charge is -2.25. The van der Waals surface area contributed by atoms with Gasteiger partial charge >= 0.3 is 0 Å². The highest BCUT2D eigenvalue weighted by atomic mass is 35.5. The van der Waals surface area contributed by atoms with Gasteiger partial charge < -0.3 is 0 Å². The molecule has 0 aliphatic heterocycles. The highest BCUT2D eigenvalue weighted by molar-refractivity contribution is 7.93. The largest absolute Gasteiger partial charge is 0.288 e. The first-order valence-corrected chi connectivity index (χ1v) is 10.1. The van der Waals surface area contributed by atoms with E-state index in [0.717, 1.165) is 4.31 Å². The molecule has 0 atom stereocenters. The number of hydrogen-bond acceptors (Lipinski definition) is 4. The fourth-order valence-electron chi connectivity index (χ4n) is 2.87. The van der Waals surface area contributed by atoms with Gasteiger partial charge in [0.1, 0.15) is 17.0 Å². The van der Waals surface area contributed by atoms with Gasteiger partial charge in [0.15, 0.2) is 5.65 Å². The number of benzene rings is 2. The first kappa shape index (κ1) is 18.4. The van der Waals surface area contributed by atoms with Gasteiger partial charge in [0, 0.05) is 16.8 Å². The number of rotatable bonds is 5. The Bertz CT molecular complexity index is 1260. The smallest absolute Gasteiger partial charge is 0.268 e. The van der Waals surface area contributed by atoms with Crippen molar-refractivity contribution in [3.8, 4) is 0 Å². The van der Waals surface area contributed by atoms with E-state index in [1.807, 2.05) is 0 Å². The minimum atomic E-state index is -4.10. The Morgan fingerprint density at radius 1 is 1.07 bits per heavy atom. The number of aromatic nitrogens is 3. The standard InChI is InChI=1S/C19H14ClFN4O2S/c20-15-6-3-7-16(11-15)25(12-14-5-1-2-8-17(14)21)28(26,27)18-9-4-10-24-13-22-23-19(18)24/h1-11,13H,12H2. The van der Waals surface area contributed by atoms with Gasteiger partial charge in [-0.1, -0.05) is 35.9 Å². The molecule has 28 heavy (non-hydrogen) atoms. The zero-order chi connectivity index (χ0) is 19.7. The topological polar surface area (TPSA) is 67.6 Å². The van der Waals surface area contributed by atoms with Gasteiger partial charge in [-0.25, -0.2) is 12.8 Å². The fourth-order valence-corrected chi connectivity index (χ4v) is 4.62. The van der Waals surface area contributed by atoms with Crippen LogP contribution in [0.25, 0.3) is 5.65 Å². The summed E-state index contributed by atoms with van der Waals surface area (Å²) in [5, 5.41) is 8.05. The summed E-state index contributed by atoms with van der Waals surface area (Å²) >= 11 is 6.07. The Balaban J connectivity index is 1.89. The Hall–Kier alpha value is -2.97. The summed E-state index contributed by atoms with van der Waals surface area (Å²) in [6.45, 7) is -0.204. The Morgan fingerprint density at radius 3 is 2.68 bits per heavy atom. The van der Waals surface area contributed by atoms with Crippen LogP contribution in [0, 0.1) is 5.82 Å². The van der Waals surface area contributed by atoms with Crippen LogP contribution in [0.4, 0.5) is 10.1 Å². The number of pyridine rings is 1. The SMILES string of the molecule is O=S(=O)(c1cccn2cnnc12)N(Cc1ccccc1F)c1cccc(Cl)c1. The zero-order valence-electron chi connectivity index (χ0n) is 14.4. The number of sulfonamides is 1. The van der Waals surface area contributed by atoms with E-state index in [4.69, 9.17) is 11.6 Å². The van der Waals surface area contributed by atoms with E-state index in [9.17, 15) is 12.8 Å². The van der Waals surface area contributed by atoms with Gasteiger partial charge in [0.2, 0.25) is 0 Å². The van der Waals surface area contributed by atoms with Crippen molar-refractivity contribution in [1.82, 2.24) is 14.6 Å². The number of fused-ring (bicyclic) bond motifs is 1. The molecule has 0 saturated carbocycles. The molecule has 0 N–H and O–H groups in total. The maximum Gasteiger partial charge on any atom is 0.268 e. The summed E-state index contributed by atoms with van der Waals surface area (Å²) in [5.74, 6) is -0.495. The molecule has 4 aromatic rings.